The Balaban J connectivity index is 1.45. The maximum atomic E-state index is 12.5. The maximum absolute atomic E-state index is 12.5. The van der Waals surface area contributed by atoms with E-state index < -0.39 is 0 Å². The number of amides is 1. The van der Waals surface area contributed by atoms with Crippen LogP contribution in [0.2, 0.25) is 0 Å². The molecule has 0 saturated carbocycles. The molecular formula is C21H21N3O3. The molecule has 138 valence electrons. The quantitative estimate of drug-likeness (QED) is 0.627. The van der Waals surface area contributed by atoms with Gasteiger partial charge in [-0.15, -0.1) is 0 Å². The second-order valence-corrected chi connectivity index (χ2v) is 6.63. The summed E-state index contributed by atoms with van der Waals surface area (Å²) in [5.41, 5.74) is 4.23. The van der Waals surface area contributed by atoms with Gasteiger partial charge in [-0.1, -0.05) is 30.3 Å². The molecule has 2 aromatic carbocycles. The molecule has 3 N–H and O–H groups in total. The molecule has 4 rings (SSSR count). The van der Waals surface area contributed by atoms with Crippen LogP contribution in [0.25, 0.3) is 11.3 Å². The Kier molecular flexibility index (Phi) is 4.89. The second kappa shape index (κ2) is 7.63. The molecule has 2 heterocycles. The number of rotatable bonds is 6. The predicted molar refractivity (Wildman–Crippen MR) is 102 cm³/mol. The summed E-state index contributed by atoms with van der Waals surface area (Å²) in [6, 6.07) is 17.1. The van der Waals surface area contributed by atoms with Gasteiger partial charge in [0, 0.05) is 12.0 Å². The molecule has 0 spiro atoms. The largest absolute Gasteiger partial charge is 0.493 e. The van der Waals surface area contributed by atoms with E-state index in [1.165, 1.54) is 0 Å². The minimum atomic E-state index is -0.358. The van der Waals surface area contributed by atoms with Crippen molar-refractivity contribution in [3.8, 4) is 17.0 Å². The van der Waals surface area contributed by atoms with Crippen molar-refractivity contribution in [1.82, 2.24) is 15.5 Å². The van der Waals surface area contributed by atoms with Crippen LogP contribution in [0.3, 0.4) is 0 Å². The van der Waals surface area contributed by atoms with Crippen LogP contribution in [0.4, 0.5) is 0 Å². The molecule has 3 aromatic rings. The van der Waals surface area contributed by atoms with Gasteiger partial charge in [-0.2, -0.15) is 5.10 Å². The van der Waals surface area contributed by atoms with E-state index in [0.29, 0.717) is 24.4 Å². The highest BCUT2D eigenvalue weighted by atomic mass is 16.5. The fraction of sp³-hybridized carbons (Fsp3) is 0.238. The van der Waals surface area contributed by atoms with Gasteiger partial charge in [-0.25, -0.2) is 0 Å². The first kappa shape index (κ1) is 17.3. The first-order chi connectivity index (χ1) is 13.2. The smallest absolute Gasteiger partial charge is 0.269 e. The normalized spacial score (nSPS) is 13.7. The summed E-state index contributed by atoms with van der Waals surface area (Å²) >= 11 is 0. The number of aliphatic hydroxyl groups excluding tert-OH is 1. The highest BCUT2D eigenvalue weighted by Gasteiger charge is 2.18. The standard InChI is InChI=1S/C21H21N3O3/c25-13-17(10-14-4-2-1-3-5-14)22-21(26)19-12-18(23-24-19)15-6-7-20-16(11-15)8-9-27-20/h1-7,11-12,17,25H,8-10,13H2,(H,22,26)(H,23,24)/t17-/m1/s1. The Hall–Kier alpha value is -3.12. The zero-order chi connectivity index (χ0) is 18.6. The summed E-state index contributed by atoms with van der Waals surface area (Å²) in [7, 11) is 0. The molecule has 6 heteroatoms. The van der Waals surface area contributed by atoms with Crippen LogP contribution in [0.1, 0.15) is 21.6 Å². The summed E-state index contributed by atoms with van der Waals surface area (Å²) in [5.74, 6) is 0.632. The summed E-state index contributed by atoms with van der Waals surface area (Å²) in [6.07, 6.45) is 1.45. The van der Waals surface area contributed by atoms with E-state index in [9.17, 15) is 9.90 Å². The minimum absolute atomic E-state index is 0.132. The highest BCUT2D eigenvalue weighted by molar-refractivity contribution is 5.93. The highest BCUT2D eigenvalue weighted by Crippen LogP contribution is 2.29. The van der Waals surface area contributed by atoms with E-state index in [1.807, 2.05) is 48.5 Å². The number of nitrogens with one attached hydrogen (secondary N) is 2. The van der Waals surface area contributed by atoms with Crippen molar-refractivity contribution in [2.45, 2.75) is 18.9 Å². The Morgan fingerprint density at radius 2 is 2.07 bits per heavy atom. The van der Waals surface area contributed by atoms with Crippen molar-refractivity contribution in [2.75, 3.05) is 13.2 Å². The van der Waals surface area contributed by atoms with Crippen molar-refractivity contribution in [2.24, 2.45) is 0 Å². The third-order valence-corrected chi connectivity index (χ3v) is 4.69. The topological polar surface area (TPSA) is 87.2 Å². The number of fused-ring (bicyclic) bond motifs is 1. The van der Waals surface area contributed by atoms with Gasteiger partial charge in [0.1, 0.15) is 11.4 Å². The average molecular weight is 363 g/mol. The molecule has 1 atom stereocenters. The molecule has 6 nitrogen and oxygen atoms in total. The number of hydrogen-bond donors (Lipinski definition) is 3. The lowest BCUT2D eigenvalue weighted by Gasteiger charge is -2.15. The molecule has 0 unspecified atom stereocenters. The first-order valence-corrected chi connectivity index (χ1v) is 9.00. The Bertz CT molecular complexity index is 937. The van der Waals surface area contributed by atoms with Gasteiger partial charge in [0.15, 0.2) is 0 Å². The number of ether oxygens (including phenoxy) is 1. The molecule has 1 aliphatic rings. The van der Waals surface area contributed by atoms with Crippen LogP contribution in [0.5, 0.6) is 5.75 Å². The van der Waals surface area contributed by atoms with E-state index in [4.69, 9.17) is 4.74 Å². The number of H-pyrrole nitrogens is 1. The van der Waals surface area contributed by atoms with E-state index in [0.717, 1.165) is 28.9 Å². The van der Waals surface area contributed by atoms with Crippen molar-refractivity contribution in [3.05, 3.63) is 71.4 Å². The van der Waals surface area contributed by atoms with Crippen molar-refractivity contribution < 1.29 is 14.6 Å². The Morgan fingerprint density at radius 3 is 2.89 bits per heavy atom. The fourth-order valence-electron chi connectivity index (χ4n) is 3.25. The Labute approximate surface area is 157 Å². The molecular weight excluding hydrogens is 342 g/mol. The maximum Gasteiger partial charge on any atom is 0.269 e. The predicted octanol–water partition coefficient (Wildman–Crippen LogP) is 2.34. The number of hydrogen-bond acceptors (Lipinski definition) is 4. The van der Waals surface area contributed by atoms with Crippen LogP contribution >= 0.6 is 0 Å². The average Bonchev–Trinajstić information content (AvgIpc) is 3.37. The van der Waals surface area contributed by atoms with Gasteiger partial charge in [0.25, 0.3) is 5.91 Å². The van der Waals surface area contributed by atoms with Gasteiger partial charge in [-0.05, 0) is 41.8 Å². The van der Waals surface area contributed by atoms with Gasteiger partial charge >= 0.3 is 0 Å². The number of carbonyl (C=O) groups is 1. The van der Waals surface area contributed by atoms with Gasteiger partial charge in [0.2, 0.25) is 0 Å². The third kappa shape index (κ3) is 3.85. The molecule has 0 bridgehead atoms. The molecule has 27 heavy (non-hydrogen) atoms. The van der Waals surface area contributed by atoms with Crippen molar-refractivity contribution in [1.29, 1.82) is 0 Å². The molecule has 0 radical (unpaired) electrons. The number of benzene rings is 2. The number of carbonyl (C=O) groups excluding carboxylic acids is 1. The van der Waals surface area contributed by atoms with Crippen LogP contribution in [0.15, 0.2) is 54.6 Å². The number of aromatic amines is 1. The fourth-order valence-corrected chi connectivity index (χ4v) is 3.25. The third-order valence-electron chi connectivity index (χ3n) is 4.69. The lowest BCUT2D eigenvalue weighted by Crippen LogP contribution is -2.39. The molecule has 0 fully saturated rings. The molecule has 0 saturated heterocycles. The van der Waals surface area contributed by atoms with Crippen LogP contribution in [-0.2, 0) is 12.8 Å². The number of aromatic nitrogens is 2. The molecule has 1 aliphatic heterocycles. The summed E-state index contributed by atoms with van der Waals surface area (Å²) in [5, 5.41) is 19.5. The lowest BCUT2D eigenvalue weighted by atomic mass is 10.1. The van der Waals surface area contributed by atoms with Gasteiger partial charge in [-0.3, -0.25) is 9.89 Å². The summed E-state index contributed by atoms with van der Waals surface area (Å²) in [4.78, 5) is 12.5. The Morgan fingerprint density at radius 1 is 1.22 bits per heavy atom. The number of aliphatic hydroxyl groups is 1. The van der Waals surface area contributed by atoms with Crippen molar-refractivity contribution >= 4 is 5.91 Å². The van der Waals surface area contributed by atoms with Gasteiger partial charge in [0.05, 0.1) is 24.9 Å². The van der Waals surface area contributed by atoms with Crippen LogP contribution in [0, 0.1) is 0 Å². The molecule has 0 aliphatic carbocycles. The zero-order valence-corrected chi connectivity index (χ0v) is 14.8. The molecule has 1 aromatic heterocycles. The summed E-state index contributed by atoms with van der Waals surface area (Å²) in [6.45, 7) is 0.573. The minimum Gasteiger partial charge on any atom is -0.493 e. The summed E-state index contributed by atoms with van der Waals surface area (Å²) < 4.78 is 5.52. The first-order valence-electron chi connectivity index (χ1n) is 9.00. The van der Waals surface area contributed by atoms with Crippen molar-refractivity contribution in [3.63, 3.8) is 0 Å². The second-order valence-electron chi connectivity index (χ2n) is 6.63. The van der Waals surface area contributed by atoms with Gasteiger partial charge < -0.3 is 15.2 Å². The van der Waals surface area contributed by atoms with E-state index in [-0.39, 0.29) is 18.6 Å². The number of nitrogens with zero attached hydrogens (tertiary/aromatic N) is 1. The zero-order valence-electron chi connectivity index (χ0n) is 14.8. The SMILES string of the molecule is O=C(N[C@@H](CO)Cc1ccccc1)c1cc(-c2ccc3c(c2)CCO3)n[nH]1. The lowest BCUT2D eigenvalue weighted by molar-refractivity contribution is 0.0911. The van der Waals surface area contributed by atoms with Crippen LogP contribution < -0.4 is 10.1 Å². The molecule has 1 amide bonds. The monoisotopic (exact) mass is 363 g/mol. The van der Waals surface area contributed by atoms with Crippen LogP contribution in [-0.4, -0.2) is 40.5 Å². The van der Waals surface area contributed by atoms with E-state index in [2.05, 4.69) is 15.5 Å². The van der Waals surface area contributed by atoms with E-state index >= 15 is 0 Å². The van der Waals surface area contributed by atoms with E-state index in [1.54, 1.807) is 6.07 Å².